The fourth-order valence-corrected chi connectivity index (χ4v) is 6.31. The van der Waals surface area contributed by atoms with E-state index in [0.29, 0.717) is 23.1 Å². The summed E-state index contributed by atoms with van der Waals surface area (Å²) < 4.78 is 5.20. The second-order valence-corrected chi connectivity index (χ2v) is 15.6. The molecule has 1 heterocycles. The zero-order valence-electron chi connectivity index (χ0n) is 35.2. The fraction of sp³-hybridized carbons (Fsp3) is 0.524. The van der Waals surface area contributed by atoms with Crippen LogP contribution in [-0.4, -0.2) is 105 Å². The van der Waals surface area contributed by atoms with Gasteiger partial charge >= 0.3 is 17.9 Å². The largest absolute Gasteiger partial charge is 0.481 e. The molecule has 0 aliphatic rings. The van der Waals surface area contributed by atoms with Gasteiger partial charge in [0.1, 0.15) is 24.2 Å². The van der Waals surface area contributed by atoms with Crippen LogP contribution in [-0.2, 0) is 49.5 Å². The van der Waals surface area contributed by atoms with Gasteiger partial charge in [0.05, 0.1) is 18.4 Å². The summed E-state index contributed by atoms with van der Waals surface area (Å²) in [5.41, 5.74) is 2.06. The Kier molecular flexibility index (Phi) is 20.5. The molecule has 0 fully saturated rings. The molecule has 0 bridgehead atoms. The number of amides is 5. The Morgan fingerprint density at radius 1 is 0.667 bits per heavy atom. The van der Waals surface area contributed by atoms with Gasteiger partial charge in [-0.1, -0.05) is 52.0 Å². The van der Waals surface area contributed by atoms with E-state index in [9.17, 15) is 53.4 Å². The summed E-state index contributed by atoms with van der Waals surface area (Å²) in [4.78, 5) is 120. The van der Waals surface area contributed by atoms with Crippen molar-refractivity contribution >= 4 is 53.2 Å². The number of hydrogen-bond acceptors (Lipinski definition) is 11. The first-order valence-electron chi connectivity index (χ1n) is 19.7. The molecule has 2 aromatic rings. The lowest BCUT2D eigenvalue weighted by Gasteiger charge is -2.27. The summed E-state index contributed by atoms with van der Waals surface area (Å²) in [5, 5.41) is 31.7. The van der Waals surface area contributed by atoms with E-state index in [-0.39, 0.29) is 43.1 Å². The molecule has 0 radical (unpaired) electrons. The zero-order valence-corrected chi connectivity index (χ0v) is 35.2. The monoisotopic (exact) mass is 838 g/mol. The first-order valence-corrected chi connectivity index (χ1v) is 19.7. The Bertz CT molecular complexity index is 1830. The first-order chi connectivity index (χ1) is 28.2. The molecule has 0 saturated carbocycles. The minimum absolute atomic E-state index is 0.00523. The third-order valence-corrected chi connectivity index (χ3v) is 9.20. The van der Waals surface area contributed by atoms with E-state index in [0.717, 1.165) is 0 Å². The predicted octanol–water partition coefficient (Wildman–Crippen LogP) is 1.93. The second kappa shape index (κ2) is 24.7. The van der Waals surface area contributed by atoms with Gasteiger partial charge in [-0.15, -0.1) is 0 Å². The van der Waals surface area contributed by atoms with Crippen molar-refractivity contribution in [3.63, 3.8) is 0 Å². The van der Waals surface area contributed by atoms with Crippen molar-refractivity contribution in [2.45, 2.75) is 124 Å². The van der Waals surface area contributed by atoms with Gasteiger partial charge in [0.25, 0.3) is 0 Å². The SMILES string of the molecule is CC(=O)NC(Cc1cccnc1)C(=O)NC(CC(=O)O)C(=O)NC(CC(=O)NC(CCC(C)C)C(=O)NC(CC(=O)O)C(=O)COC(=O)c1c(C)cccc1C)CC(C)C. The van der Waals surface area contributed by atoms with Crippen LogP contribution >= 0.6 is 0 Å². The van der Waals surface area contributed by atoms with Crippen molar-refractivity contribution in [3.8, 4) is 0 Å². The van der Waals surface area contributed by atoms with Crippen molar-refractivity contribution in [3.05, 3.63) is 65.0 Å². The Morgan fingerprint density at radius 2 is 1.25 bits per heavy atom. The number of ether oxygens (including phenoxy) is 1. The molecule has 18 nitrogen and oxygen atoms in total. The van der Waals surface area contributed by atoms with Gasteiger partial charge in [0, 0.05) is 38.2 Å². The number of nitrogens with zero attached hydrogens (tertiary/aromatic N) is 1. The maximum Gasteiger partial charge on any atom is 0.339 e. The summed E-state index contributed by atoms with van der Waals surface area (Å²) in [6.45, 7) is 11.2. The average molecular weight is 839 g/mol. The van der Waals surface area contributed by atoms with E-state index in [2.05, 4.69) is 31.6 Å². The molecule has 1 aromatic carbocycles. The lowest BCUT2D eigenvalue weighted by atomic mass is 9.98. The number of rotatable bonds is 25. The molecule has 328 valence electrons. The van der Waals surface area contributed by atoms with Crippen molar-refractivity contribution in [2.24, 2.45) is 11.8 Å². The number of aromatic nitrogens is 1. The molecule has 7 N–H and O–H groups in total. The molecule has 5 amide bonds. The Labute approximate surface area is 349 Å². The fourth-order valence-electron chi connectivity index (χ4n) is 6.31. The van der Waals surface area contributed by atoms with Gasteiger partial charge in [0.15, 0.2) is 12.4 Å². The van der Waals surface area contributed by atoms with E-state index >= 15 is 0 Å². The molecular formula is C42H58N6O12. The number of carboxylic acids is 2. The van der Waals surface area contributed by atoms with Crippen molar-refractivity contribution in [1.29, 1.82) is 0 Å². The molecule has 2 rings (SSSR count). The van der Waals surface area contributed by atoms with Gasteiger partial charge in [-0.05, 0) is 67.7 Å². The number of nitrogens with one attached hydrogen (secondary N) is 5. The second-order valence-electron chi connectivity index (χ2n) is 15.6. The Morgan fingerprint density at radius 3 is 1.80 bits per heavy atom. The van der Waals surface area contributed by atoms with Crippen LogP contribution in [0.2, 0.25) is 0 Å². The molecule has 5 unspecified atom stereocenters. The number of ketones is 1. The van der Waals surface area contributed by atoms with E-state index in [4.69, 9.17) is 4.74 Å². The van der Waals surface area contributed by atoms with Gasteiger partial charge in [-0.2, -0.15) is 0 Å². The molecular weight excluding hydrogens is 780 g/mol. The predicted molar refractivity (Wildman–Crippen MR) is 217 cm³/mol. The van der Waals surface area contributed by atoms with Crippen LogP contribution in [0.1, 0.15) is 100 Å². The quantitative estimate of drug-likeness (QED) is 0.0706. The lowest BCUT2D eigenvalue weighted by molar-refractivity contribution is -0.141. The average Bonchev–Trinajstić information content (AvgIpc) is 3.14. The van der Waals surface area contributed by atoms with Crippen molar-refractivity contribution in [2.75, 3.05) is 6.61 Å². The standard InChI is InChI=1S/C42H58N6O12/c1-23(2)13-14-30(39(56)47-31(19-36(52)53)34(50)22-60-42(59)38-25(5)10-8-11-26(38)6)46-35(51)18-29(16-24(3)4)45-40(57)33(20-37(54)55)48-41(58)32(44-27(7)49)17-28-12-9-15-43-21-28/h8-12,15,21,23-24,29-33H,13-14,16-20,22H2,1-7H3,(H,44,49)(H,45,57)(H,46,51)(H,47,56)(H,48,58)(H,52,53)(H,54,55). The number of carbonyl (C=O) groups excluding carboxylic acids is 7. The van der Waals surface area contributed by atoms with Crippen LogP contribution in [0.25, 0.3) is 0 Å². The zero-order chi connectivity index (χ0) is 45.1. The Hall–Kier alpha value is -6.20. The highest BCUT2D eigenvalue weighted by Gasteiger charge is 2.32. The van der Waals surface area contributed by atoms with Crippen LogP contribution in [0.15, 0.2) is 42.7 Å². The van der Waals surface area contributed by atoms with E-state index < -0.39 is 103 Å². The molecule has 18 heteroatoms. The van der Waals surface area contributed by atoms with E-state index in [1.807, 2.05) is 27.7 Å². The number of aryl methyl sites for hydroxylation is 2. The van der Waals surface area contributed by atoms with Crippen LogP contribution in [0, 0.1) is 25.7 Å². The number of benzene rings is 1. The maximum atomic E-state index is 13.6. The molecule has 0 spiro atoms. The third kappa shape index (κ3) is 18.2. The van der Waals surface area contributed by atoms with E-state index in [1.165, 1.54) is 19.3 Å². The molecule has 0 aliphatic heterocycles. The minimum atomic E-state index is -1.61. The van der Waals surface area contributed by atoms with E-state index in [1.54, 1.807) is 44.2 Å². The summed E-state index contributed by atoms with van der Waals surface area (Å²) in [7, 11) is 0. The number of carboxylic acid groups (broad SMARTS) is 2. The number of hydrogen-bond donors (Lipinski definition) is 7. The smallest absolute Gasteiger partial charge is 0.339 e. The highest BCUT2D eigenvalue weighted by Crippen LogP contribution is 2.16. The summed E-state index contributed by atoms with van der Waals surface area (Å²) in [6.07, 6.45) is 1.72. The van der Waals surface area contributed by atoms with Crippen LogP contribution in [0.4, 0.5) is 0 Å². The van der Waals surface area contributed by atoms with Gasteiger partial charge in [0.2, 0.25) is 29.5 Å². The molecule has 0 saturated heterocycles. The van der Waals surface area contributed by atoms with Crippen LogP contribution < -0.4 is 26.6 Å². The molecule has 60 heavy (non-hydrogen) atoms. The highest BCUT2D eigenvalue weighted by atomic mass is 16.5. The van der Waals surface area contributed by atoms with Gasteiger partial charge < -0.3 is 41.5 Å². The number of carbonyl (C=O) groups is 9. The van der Waals surface area contributed by atoms with Gasteiger partial charge in [-0.3, -0.25) is 43.3 Å². The molecule has 1 aromatic heterocycles. The summed E-state index contributed by atoms with van der Waals surface area (Å²) in [6, 6.07) is 1.90. The third-order valence-electron chi connectivity index (χ3n) is 9.20. The number of pyridine rings is 1. The lowest BCUT2D eigenvalue weighted by Crippen LogP contribution is -2.56. The van der Waals surface area contributed by atoms with Crippen molar-refractivity contribution < 1.29 is 58.1 Å². The van der Waals surface area contributed by atoms with Crippen LogP contribution in [0.5, 0.6) is 0 Å². The number of Topliss-reactive ketones (excluding diaryl/α,β-unsaturated/α-hetero) is 1. The highest BCUT2D eigenvalue weighted by molar-refractivity contribution is 5.98. The normalized spacial score (nSPS) is 13.5. The number of aliphatic carboxylic acids is 2. The van der Waals surface area contributed by atoms with Crippen LogP contribution in [0.3, 0.4) is 0 Å². The topological polar surface area (TPSA) is 276 Å². The minimum Gasteiger partial charge on any atom is -0.481 e. The Balaban J connectivity index is 2.23. The maximum absolute atomic E-state index is 13.6. The van der Waals surface area contributed by atoms with Crippen molar-refractivity contribution in [1.82, 2.24) is 31.6 Å². The molecule has 0 aliphatic carbocycles. The number of esters is 1. The summed E-state index contributed by atoms with van der Waals surface area (Å²) >= 11 is 0. The molecule has 5 atom stereocenters. The first kappa shape index (κ1) is 49.9. The summed E-state index contributed by atoms with van der Waals surface area (Å²) in [5.74, 6) is -8.36. The van der Waals surface area contributed by atoms with Gasteiger partial charge in [-0.25, -0.2) is 4.79 Å².